The Morgan fingerprint density at radius 1 is 1.00 bits per heavy atom. The van der Waals surface area contributed by atoms with E-state index in [1.807, 2.05) is 24.3 Å². The van der Waals surface area contributed by atoms with Crippen LogP contribution in [-0.2, 0) is 0 Å². The van der Waals surface area contributed by atoms with Crippen LogP contribution in [0.3, 0.4) is 0 Å². The topological polar surface area (TPSA) is 17.1 Å². The second kappa shape index (κ2) is 3.26. The van der Waals surface area contributed by atoms with Crippen LogP contribution in [0.5, 0.6) is 0 Å². The van der Waals surface area contributed by atoms with Crippen LogP contribution in [0.1, 0.15) is 21.5 Å². The fraction of sp³-hybridized carbons (Fsp3) is 0.154. The van der Waals surface area contributed by atoms with Crippen LogP contribution in [0.2, 0.25) is 0 Å². The molecular weight excluding hydrogens is 172 g/mol. The maximum absolute atomic E-state index is 10.8. The van der Waals surface area contributed by atoms with Gasteiger partial charge in [0.2, 0.25) is 0 Å². The minimum atomic E-state index is 0.773. The number of benzene rings is 2. The van der Waals surface area contributed by atoms with Crippen LogP contribution in [0.25, 0.3) is 10.8 Å². The van der Waals surface area contributed by atoms with Crippen molar-refractivity contribution in [2.75, 3.05) is 0 Å². The highest BCUT2D eigenvalue weighted by molar-refractivity contribution is 6.00. The lowest BCUT2D eigenvalue weighted by Gasteiger charge is -2.07. The smallest absolute Gasteiger partial charge is 0.150 e. The summed E-state index contributed by atoms with van der Waals surface area (Å²) in [5.41, 5.74) is 3.22. The molecule has 0 unspecified atom stereocenters. The summed E-state index contributed by atoms with van der Waals surface area (Å²) in [4.78, 5) is 10.8. The predicted octanol–water partition coefficient (Wildman–Crippen LogP) is 3.27. The summed E-state index contributed by atoms with van der Waals surface area (Å²) in [6.07, 6.45) is 0.918. The molecule has 0 heterocycles. The number of carbonyl (C=O) groups is 1. The molecule has 1 heteroatoms. The highest BCUT2D eigenvalue weighted by Crippen LogP contribution is 2.24. The van der Waals surface area contributed by atoms with Crippen molar-refractivity contribution in [1.29, 1.82) is 0 Å². The van der Waals surface area contributed by atoms with Gasteiger partial charge < -0.3 is 0 Å². The number of aryl methyl sites for hydroxylation is 2. The van der Waals surface area contributed by atoms with E-state index in [0.29, 0.717) is 0 Å². The predicted molar refractivity (Wildman–Crippen MR) is 58.8 cm³/mol. The molecule has 0 N–H and O–H groups in total. The van der Waals surface area contributed by atoms with E-state index in [1.54, 1.807) is 0 Å². The van der Waals surface area contributed by atoms with E-state index in [0.717, 1.165) is 17.2 Å². The number of hydrogen-bond donors (Lipinski definition) is 0. The summed E-state index contributed by atoms with van der Waals surface area (Å²) in [5, 5.41) is 2.26. The zero-order chi connectivity index (χ0) is 10.1. The fourth-order valence-corrected chi connectivity index (χ4v) is 1.92. The lowest BCUT2D eigenvalue weighted by molar-refractivity contribution is 0.112. The molecule has 0 bridgehead atoms. The third-order valence-corrected chi connectivity index (χ3v) is 2.62. The first-order valence-electron chi connectivity index (χ1n) is 4.68. The molecule has 0 aliphatic carbocycles. The van der Waals surface area contributed by atoms with Crippen molar-refractivity contribution in [3.05, 3.63) is 47.0 Å². The summed E-state index contributed by atoms with van der Waals surface area (Å²) in [7, 11) is 0. The SMILES string of the molecule is Cc1cccc2c(C=O)ccc(C)c12. The molecule has 0 aliphatic rings. The number of hydrogen-bond acceptors (Lipinski definition) is 1. The quantitative estimate of drug-likeness (QED) is 0.622. The maximum atomic E-state index is 10.8. The van der Waals surface area contributed by atoms with E-state index in [-0.39, 0.29) is 0 Å². The van der Waals surface area contributed by atoms with Crippen molar-refractivity contribution < 1.29 is 4.79 Å². The van der Waals surface area contributed by atoms with Gasteiger partial charge in [0, 0.05) is 5.56 Å². The monoisotopic (exact) mass is 184 g/mol. The molecule has 1 nitrogen and oxygen atoms in total. The van der Waals surface area contributed by atoms with Crippen LogP contribution >= 0.6 is 0 Å². The molecule has 70 valence electrons. The first-order chi connectivity index (χ1) is 6.74. The van der Waals surface area contributed by atoms with Crippen molar-refractivity contribution >= 4 is 17.1 Å². The van der Waals surface area contributed by atoms with Crippen molar-refractivity contribution in [3.8, 4) is 0 Å². The molecule has 2 aromatic carbocycles. The summed E-state index contributed by atoms with van der Waals surface area (Å²) in [6, 6.07) is 9.94. The molecule has 0 amide bonds. The molecule has 0 spiro atoms. The van der Waals surface area contributed by atoms with Crippen LogP contribution < -0.4 is 0 Å². The lowest BCUT2D eigenvalue weighted by Crippen LogP contribution is -1.88. The van der Waals surface area contributed by atoms with Gasteiger partial charge in [-0.05, 0) is 35.7 Å². The third kappa shape index (κ3) is 1.22. The minimum absolute atomic E-state index is 0.773. The molecule has 0 radical (unpaired) electrons. The maximum Gasteiger partial charge on any atom is 0.150 e. The van der Waals surface area contributed by atoms with Gasteiger partial charge in [0.15, 0.2) is 6.29 Å². The second-order valence-electron chi connectivity index (χ2n) is 3.59. The van der Waals surface area contributed by atoms with Crippen molar-refractivity contribution in [3.63, 3.8) is 0 Å². The fourth-order valence-electron chi connectivity index (χ4n) is 1.92. The zero-order valence-corrected chi connectivity index (χ0v) is 8.37. The molecule has 0 aromatic heterocycles. The van der Waals surface area contributed by atoms with E-state index in [1.165, 1.54) is 16.5 Å². The van der Waals surface area contributed by atoms with E-state index in [9.17, 15) is 4.79 Å². The Balaban J connectivity index is 2.98. The molecule has 0 saturated heterocycles. The van der Waals surface area contributed by atoms with Gasteiger partial charge in [-0.2, -0.15) is 0 Å². The zero-order valence-electron chi connectivity index (χ0n) is 8.37. The number of fused-ring (bicyclic) bond motifs is 1. The normalized spacial score (nSPS) is 10.4. The van der Waals surface area contributed by atoms with Crippen LogP contribution in [0.4, 0.5) is 0 Å². The number of aldehydes is 1. The Morgan fingerprint density at radius 3 is 2.43 bits per heavy atom. The van der Waals surface area contributed by atoms with Gasteiger partial charge >= 0.3 is 0 Å². The molecular formula is C13H12O. The van der Waals surface area contributed by atoms with Gasteiger partial charge in [-0.25, -0.2) is 0 Å². The van der Waals surface area contributed by atoms with Crippen LogP contribution in [-0.4, -0.2) is 6.29 Å². The number of carbonyl (C=O) groups excluding carboxylic acids is 1. The molecule has 2 aromatic rings. The van der Waals surface area contributed by atoms with Gasteiger partial charge in [0.05, 0.1) is 0 Å². The van der Waals surface area contributed by atoms with Crippen LogP contribution in [0, 0.1) is 13.8 Å². The highest BCUT2D eigenvalue weighted by Gasteiger charge is 2.04. The molecule has 2 rings (SSSR count). The van der Waals surface area contributed by atoms with E-state index < -0.39 is 0 Å². The summed E-state index contributed by atoms with van der Waals surface area (Å²) in [6.45, 7) is 4.15. The van der Waals surface area contributed by atoms with Gasteiger partial charge in [-0.3, -0.25) is 4.79 Å². The molecule has 0 saturated carbocycles. The molecule has 0 atom stereocenters. The Morgan fingerprint density at radius 2 is 1.71 bits per heavy atom. The molecule has 14 heavy (non-hydrogen) atoms. The lowest BCUT2D eigenvalue weighted by atomic mass is 9.97. The molecule has 0 fully saturated rings. The second-order valence-corrected chi connectivity index (χ2v) is 3.59. The average Bonchev–Trinajstić information content (AvgIpc) is 2.18. The van der Waals surface area contributed by atoms with E-state index in [4.69, 9.17) is 0 Å². The van der Waals surface area contributed by atoms with Gasteiger partial charge in [-0.1, -0.05) is 30.3 Å². The Bertz CT molecular complexity index is 490. The summed E-state index contributed by atoms with van der Waals surface area (Å²) in [5.74, 6) is 0. The van der Waals surface area contributed by atoms with Crippen molar-refractivity contribution in [1.82, 2.24) is 0 Å². The Kier molecular flexibility index (Phi) is 2.08. The first-order valence-corrected chi connectivity index (χ1v) is 4.68. The van der Waals surface area contributed by atoms with E-state index in [2.05, 4.69) is 19.9 Å². The highest BCUT2D eigenvalue weighted by atomic mass is 16.1. The summed E-state index contributed by atoms with van der Waals surface area (Å²) >= 11 is 0. The van der Waals surface area contributed by atoms with Gasteiger partial charge in [-0.15, -0.1) is 0 Å². The van der Waals surface area contributed by atoms with Crippen molar-refractivity contribution in [2.24, 2.45) is 0 Å². The standard InChI is InChI=1S/C13H12O/c1-9-4-3-5-12-11(8-14)7-6-10(2)13(9)12/h3-8H,1-2H3. The Hall–Kier alpha value is -1.63. The van der Waals surface area contributed by atoms with E-state index >= 15 is 0 Å². The average molecular weight is 184 g/mol. The molecule has 0 aliphatic heterocycles. The van der Waals surface area contributed by atoms with Gasteiger partial charge in [0.25, 0.3) is 0 Å². The first kappa shape index (κ1) is 8.95. The van der Waals surface area contributed by atoms with Crippen molar-refractivity contribution in [2.45, 2.75) is 13.8 Å². The number of rotatable bonds is 1. The largest absolute Gasteiger partial charge is 0.298 e. The minimum Gasteiger partial charge on any atom is -0.298 e. The third-order valence-electron chi connectivity index (χ3n) is 2.62. The Labute approximate surface area is 83.4 Å². The van der Waals surface area contributed by atoms with Gasteiger partial charge in [0.1, 0.15) is 0 Å². The van der Waals surface area contributed by atoms with Crippen LogP contribution in [0.15, 0.2) is 30.3 Å². The summed E-state index contributed by atoms with van der Waals surface area (Å²) < 4.78 is 0.